The van der Waals surface area contributed by atoms with E-state index in [4.69, 9.17) is 4.74 Å². The Morgan fingerprint density at radius 3 is 3.16 bits per heavy atom. The third-order valence-electron chi connectivity index (χ3n) is 3.18. The highest BCUT2D eigenvalue weighted by atomic mass is 16.5. The lowest BCUT2D eigenvalue weighted by Crippen LogP contribution is -2.48. The number of ether oxygens (including phenoxy) is 1. The van der Waals surface area contributed by atoms with Crippen LogP contribution in [0.2, 0.25) is 0 Å². The smallest absolute Gasteiger partial charge is 0.253 e. The van der Waals surface area contributed by atoms with E-state index in [-0.39, 0.29) is 12.0 Å². The molecule has 1 saturated heterocycles. The molecule has 106 valence electrons. The fraction of sp³-hybridized carbons (Fsp3) is 0.692. The highest BCUT2D eigenvalue weighted by Gasteiger charge is 2.25. The lowest BCUT2D eigenvalue weighted by molar-refractivity contribution is -0.144. The average Bonchev–Trinajstić information content (AvgIpc) is 2.86. The van der Waals surface area contributed by atoms with Crippen LogP contribution >= 0.6 is 0 Å². The summed E-state index contributed by atoms with van der Waals surface area (Å²) in [6, 6.07) is 2.02. The zero-order valence-corrected chi connectivity index (χ0v) is 11.6. The minimum Gasteiger partial charge on any atom is -0.366 e. The molecule has 1 amide bonds. The van der Waals surface area contributed by atoms with E-state index < -0.39 is 0 Å². The van der Waals surface area contributed by atoms with E-state index >= 15 is 0 Å². The standard InChI is InChI=1S/C13H22N4O2/c1-3-4-10-7-11(16-15-10)9-17(2)13(18)12-8-14-5-6-19-12/h7,12,14H,3-6,8-9H2,1-2H3,(H,15,16)/t12-/m1/s1. The molecule has 0 saturated carbocycles. The number of carbonyl (C=O) groups is 1. The zero-order valence-electron chi connectivity index (χ0n) is 11.6. The number of likely N-dealkylation sites (N-methyl/N-ethyl adjacent to an activating group) is 1. The van der Waals surface area contributed by atoms with Gasteiger partial charge >= 0.3 is 0 Å². The molecule has 1 atom stereocenters. The topological polar surface area (TPSA) is 70.2 Å². The predicted octanol–water partition coefficient (Wildman–Crippen LogP) is 0.309. The summed E-state index contributed by atoms with van der Waals surface area (Å²) in [5.41, 5.74) is 2.01. The van der Waals surface area contributed by atoms with Crippen LogP contribution in [-0.4, -0.2) is 53.9 Å². The molecule has 0 spiro atoms. The molecule has 1 aliphatic heterocycles. The minimum atomic E-state index is -0.364. The van der Waals surface area contributed by atoms with Gasteiger partial charge in [0.1, 0.15) is 6.10 Å². The third kappa shape index (κ3) is 3.78. The van der Waals surface area contributed by atoms with Gasteiger partial charge in [-0.3, -0.25) is 9.89 Å². The highest BCUT2D eigenvalue weighted by Crippen LogP contribution is 2.07. The molecule has 6 nitrogen and oxygen atoms in total. The first-order valence-electron chi connectivity index (χ1n) is 6.81. The predicted molar refractivity (Wildman–Crippen MR) is 71.7 cm³/mol. The number of H-pyrrole nitrogens is 1. The SMILES string of the molecule is CCCc1cc(CN(C)C(=O)[C@H]2CNCCO2)[nH]n1. The summed E-state index contributed by atoms with van der Waals surface area (Å²) in [5.74, 6) is 0.0128. The molecule has 0 bridgehead atoms. The van der Waals surface area contributed by atoms with Crippen LogP contribution in [0.15, 0.2) is 6.07 Å². The molecule has 2 heterocycles. The Balaban J connectivity index is 1.88. The van der Waals surface area contributed by atoms with E-state index in [2.05, 4.69) is 22.4 Å². The van der Waals surface area contributed by atoms with Crippen molar-refractivity contribution >= 4 is 5.91 Å². The Labute approximate surface area is 113 Å². The zero-order chi connectivity index (χ0) is 13.7. The molecule has 19 heavy (non-hydrogen) atoms. The first-order valence-corrected chi connectivity index (χ1v) is 6.81. The monoisotopic (exact) mass is 266 g/mol. The number of nitrogens with zero attached hydrogens (tertiary/aromatic N) is 2. The maximum atomic E-state index is 12.2. The summed E-state index contributed by atoms with van der Waals surface area (Å²) in [6.07, 6.45) is 1.67. The summed E-state index contributed by atoms with van der Waals surface area (Å²) in [4.78, 5) is 13.8. The molecule has 0 aliphatic carbocycles. The van der Waals surface area contributed by atoms with Gasteiger partial charge in [-0.15, -0.1) is 0 Å². The van der Waals surface area contributed by atoms with Gasteiger partial charge in [0, 0.05) is 20.1 Å². The van der Waals surface area contributed by atoms with Crippen LogP contribution in [0.25, 0.3) is 0 Å². The molecule has 0 radical (unpaired) electrons. The molecular weight excluding hydrogens is 244 g/mol. The van der Waals surface area contributed by atoms with Crippen molar-refractivity contribution in [2.45, 2.75) is 32.4 Å². The Kier molecular flexibility index (Phi) is 4.93. The van der Waals surface area contributed by atoms with Crippen molar-refractivity contribution in [3.63, 3.8) is 0 Å². The lowest BCUT2D eigenvalue weighted by atomic mass is 10.2. The number of morpholine rings is 1. The first-order chi connectivity index (χ1) is 9.20. The van der Waals surface area contributed by atoms with Gasteiger partial charge in [-0.25, -0.2) is 0 Å². The third-order valence-corrected chi connectivity index (χ3v) is 3.18. The van der Waals surface area contributed by atoms with Gasteiger partial charge in [0.25, 0.3) is 5.91 Å². The highest BCUT2D eigenvalue weighted by molar-refractivity contribution is 5.81. The number of rotatable bonds is 5. The second-order valence-electron chi connectivity index (χ2n) is 4.89. The Morgan fingerprint density at radius 1 is 1.63 bits per heavy atom. The van der Waals surface area contributed by atoms with Gasteiger partial charge in [0.2, 0.25) is 0 Å². The summed E-state index contributed by atoms with van der Waals surface area (Å²) in [5, 5.41) is 10.4. The van der Waals surface area contributed by atoms with E-state index in [0.717, 1.165) is 30.8 Å². The number of aromatic nitrogens is 2. The van der Waals surface area contributed by atoms with Gasteiger partial charge in [-0.05, 0) is 12.5 Å². The van der Waals surface area contributed by atoms with Crippen molar-refractivity contribution in [3.05, 3.63) is 17.5 Å². The van der Waals surface area contributed by atoms with Crippen molar-refractivity contribution in [1.82, 2.24) is 20.4 Å². The van der Waals surface area contributed by atoms with E-state index in [9.17, 15) is 4.79 Å². The molecule has 0 aromatic carbocycles. The molecule has 1 aliphatic rings. The molecule has 1 aromatic rings. The van der Waals surface area contributed by atoms with Crippen molar-refractivity contribution in [1.29, 1.82) is 0 Å². The molecule has 6 heteroatoms. The van der Waals surface area contributed by atoms with Gasteiger partial charge in [0.15, 0.2) is 0 Å². The van der Waals surface area contributed by atoms with Crippen LogP contribution in [0.4, 0.5) is 0 Å². The van der Waals surface area contributed by atoms with E-state index in [0.29, 0.717) is 19.7 Å². The van der Waals surface area contributed by atoms with Crippen molar-refractivity contribution in [2.75, 3.05) is 26.7 Å². The Bertz CT molecular complexity index is 413. The summed E-state index contributed by atoms with van der Waals surface area (Å²) >= 11 is 0. The summed E-state index contributed by atoms with van der Waals surface area (Å²) in [6.45, 7) is 4.66. The van der Waals surface area contributed by atoms with Crippen LogP contribution in [-0.2, 0) is 22.5 Å². The number of hydrogen-bond donors (Lipinski definition) is 2. The molecule has 2 rings (SSSR count). The average molecular weight is 266 g/mol. The van der Waals surface area contributed by atoms with E-state index in [1.165, 1.54) is 0 Å². The Hall–Kier alpha value is -1.40. The van der Waals surface area contributed by atoms with Crippen molar-refractivity contribution < 1.29 is 9.53 Å². The maximum absolute atomic E-state index is 12.2. The Morgan fingerprint density at radius 2 is 2.47 bits per heavy atom. The van der Waals surface area contributed by atoms with Crippen LogP contribution in [0, 0.1) is 0 Å². The van der Waals surface area contributed by atoms with Crippen LogP contribution in [0.3, 0.4) is 0 Å². The number of aromatic amines is 1. The number of nitrogens with one attached hydrogen (secondary N) is 2. The second kappa shape index (κ2) is 6.68. The number of carbonyl (C=O) groups excluding carboxylic acids is 1. The number of aryl methyl sites for hydroxylation is 1. The van der Waals surface area contributed by atoms with Crippen LogP contribution in [0.5, 0.6) is 0 Å². The first kappa shape index (κ1) is 14.0. The van der Waals surface area contributed by atoms with Crippen LogP contribution < -0.4 is 5.32 Å². The fourth-order valence-electron chi connectivity index (χ4n) is 2.18. The maximum Gasteiger partial charge on any atom is 0.253 e. The molecule has 1 aromatic heterocycles. The number of amides is 1. The minimum absolute atomic E-state index is 0.0128. The van der Waals surface area contributed by atoms with Crippen molar-refractivity contribution in [3.8, 4) is 0 Å². The number of hydrogen-bond acceptors (Lipinski definition) is 4. The lowest BCUT2D eigenvalue weighted by Gasteiger charge is -2.26. The van der Waals surface area contributed by atoms with Gasteiger partial charge < -0.3 is 15.0 Å². The van der Waals surface area contributed by atoms with Crippen LogP contribution in [0.1, 0.15) is 24.7 Å². The summed E-state index contributed by atoms with van der Waals surface area (Å²) < 4.78 is 5.46. The van der Waals surface area contributed by atoms with E-state index in [1.807, 2.05) is 6.07 Å². The second-order valence-corrected chi connectivity index (χ2v) is 4.89. The molecular formula is C13H22N4O2. The summed E-state index contributed by atoms with van der Waals surface area (Å²) in [7, 11) is 1.79. The fourth-order valence-corrected chi connectivity index (χ4v) is 2.18. The van der Waals surface area contributed by atoms with Gasteiger partial charge in [-0.1, -0.05) is 13.3 Å². The molecule has 2 N–H and O–H groups in total. The largest absolute Gasteiger partial charge is 0.366 e. The quantitative estimate of drug-likeness (QED) is 0.804. The van der Waals surface area contributed by atoms with Gasteiger partial charge in [0.05, 0.1) is 24.5 Å². The van der Waals surface area contributed by atoms with E-state index in [1.54, 1.807) is 11.9 Å². The van der Waals surface area contributed by atoms with Gasteiger partial charge in [-0.2, -0.15) is 5.10 Å². The normalized spacial score (nSPS) is 19.4. The molecule has 0 unspecified atom stereocenters. The van der Waals surface area contributed by atoms with Crippen molar-refractivity contribution in [2.24, 2.45) is 0 Å². The molecule has 1 fully saturated rings.